The molecule has 142 valence electrons. The molecule has 1 atom stereocenters. The van der Waals surface area contributed by atoms with Crippen LogP contribution in [0.5, 0.6) is 0 Å². The van der Waals surface area contributed by atoms with E-state index >= 15 is 0 Å². The van der Waals surface area contributed by atoms with Gasteiger partial charge in [-0.25, -0.2) is 4.79 Å². The Labute approximate surface area is 165 Å². The molecule has 0 aliphatic carbocycles. The highest BCUT2D eigenvalue weighted by Gasteiger charge is 2.49. The molecule has 7 nitrogen and oxygen atoms in total. The zero-order chi connectivity index (χ0) is 20.1. The van der Waals surface area contributed by atoms with Gasteiger partial charge in [-0.3, -0.25) is 24.2 Å². The minimum absolute atomic E-state index is 0.0673. The van der Waals surface area contributed by atoms with Crippen molar-refractivity contribution in [3.8, 4) is 0 Å². The third kappa shape index (κ3) is 2.66. The first-order valence-electron chi connectivity index (χ1n) is 8.68. The fourth-order valence-corrected chi connectivity index (χ4v) is 3.65. The van der Waals surface area contributed by atoms with Crippen molar-refractivity contribution < 1.29 is 19.2 Å². The minimum atomic E-state index is -1.23. The van der Waals surface area contributed by atoms with E-state index in [0.717, 1.165) is 9.80 Å². The highest BCUT2D eigenvalue weighted by Crippen LogP contribution is 2.30. The van der Waals surface area contributed by atoms with E-state index in [2.05, 4.69) is 5.32 Å². The maximum Gasteiger partial charge on any atom is 0.325 e. The van der Waals surface area contributed by atoms with Gasteiger partial charge in [-0.05, 0) is 36.8 Å². The molecule has 1 fully saturated rings. The summed E-state index contributed by atoms with van der Waals surface area (Å²) in [7, 11) is 0. The van der Waals surface area contributed by atoms with Crippen molar-refractivity contribution in [2.45, 2.75) is 12.5 Å². The molecule has 2 aliphatic rings. The maximum atomic E-state index is 12.9. The van der Waals surface area contributed by atoms with E-state index in [4.69, 9.17) is 11.6 Å². The van der Waals surface area contributed by atoms with Crippen LogP contribution in [0.2, 0.25) is 5.02 Å². The fourth-order valence-electron chi connectivity index (χ4n) is 3.52. The SMILES string of the molecule is CC1(c2ccc(Cl)cc2)NC(=O)N(CCN2C(=O)c3ccccc3C2=O)C1=O. The average molecular weight is 398 g/mol. The number of halogens is 1. The Morgan fingerprint density at radius 1 is 0.857 bits per heavy atom. The lowest BCUT2D eigenvalue weighted by atomic mass is 9.92. The molecule has 1 N–H and O–H groups in total. The minimum Gasteiger partial charge on any atom is -0.319 e. The fraction of sp³-hybridized carbons (Fsp3) is 0.200. The van der Waals surface area contributed by atoms with Gasteiger partial charge in [0.2, 0.25) is 0 Å². The number of hydrogen-bond donors (Lipinski definition) is 1. The van der Waals surface area contributed by atoms with Crippen molar-refractivity contribution >= 4 is 35.4 Å². The third-order valence-corrected chi connectivity index (χ3v) is 5.37. The molecule has 2 aromatic carbocycles. The molecule has 1 saturated heterocycles. The summed E-state index contributed by atoms with van der Waals surface area (Å²) in [5.41, 5.74) is 0.0220. The topological polar surface area (TPSA) is 86.8 Å². The highest BCUT2D eigenvalue weighted by molar-refractivity contribution is 6.30. The number of amides is 5. The number of urea groups is 1. The van der Waals surface area contributed by atoms with Gasteiger partial charge in [0.1, 0.15) is 5.54 Å². The number of rotatable bonds is 4. The number of nitrogens with zero attached hydrogens (tertiary/aromatic N) is 2. The second kappa shape index (κ2) is 6.45. The van der Waals surface area contributed by atoms with Gasteiger partial charge in [0, 0.05) is 18.1 Å². The monoisotopic (exact) mass is 397 g/mol. The molecule has 28 heavy (non-hydrogen) atoms. The summed E-state index contributed by atoms with van der Waals surface area (Å²) in [6.07, 6.45) is 0. The molecule has 0 bridgehead atoms. The molecule has 2 aromatic rings. The third-order valence-electron chi connectivity index (χ3n) is 5.12. The number of fused-ring (bicyclic) bond motifs is 1. The Hall–Kier alpha value is -3.19. The molecular weight excluding hydrogens is 382 g/mol. The van der Waals surface area contributed by atoms with Gasteiger partial charge in [-0.2, -0.15) is 0 Å². The summed E-state index contributed by atoms with van der Waals surface area (Å²) >= 11 is 5.89. The number of imide groups is 2. The van der Waals surface area contributed by atoms with Crippen LogP contribution in [0, 0.1) is 0 Å². The Kier molecular flexibility index (Phi) is 4.19. The smallest absolute Gasteiger partial charge is 0.319 e. The van der Waals surface area contributed by atoms with Gasteiger partial charge in [0.25, 0.3) is 17.7 Å². The molecule has 2 heterocycles. The van der Waals surface area contributed by atoms with E-state index in [0.29, 0.717) is 21.7 Å². The van der Waals surface area contributed by atoms with E-state index in [1.54, 1.807) is 55.5 Å². The lowest BCUT2D eigenvalue weighted by Crippen LogP contribution is -2.43. The molecule has 1 unspecified atom stereocenters. The van der Waals surface area contributed by atoms with Gasteiger partial charge in [0.05, 0.1) is 11.1 Å². The van der Waals surface area contributed by atoms with Crippen LogP contribution in [0.15, 0.2) is 48.5 Å². The molecule has 0 spiro atoms. The predicted octanol–water partition coefficient (Wildman–Crippen LogP) is 2.40. The molecule has 2 aliphatic heterocycles. The summed E-state index contributed by atoms with van der Waals surface area (Å²) in [5, 5.41) is 3.21. The lowest BCUT2D eigenvalue weighted by Gasteiger charge is -2.23. The number of benzene rings is 2. The normalized spacial score (nSPS) is 21.4. The van der Waals surface area contributed by atoms with Crippen molar-refractivity contribution in [2.24, 2.45) is 0 Å². The van der Waals surface area contributed by atoms with Gasteiger partial charge in [-0.1, -0.05) is 35.9 Å². The first-order chi connectivity index (χ1) is 13.3. The van der Waals surface area contributed by atoms with Crippen LogP contribution in [0.3, 0.4) is 0 Å². The Morgan fingerprint density at radius 3 is 1.96 bits per heavy atom. The van der Waals surface area contributed by atoms with Crippen LogP contribution >= 0.6 is 11.6 Å². The van der Waals surface area contributed by atoms with Crippen molar-refractivity contribution in [1.29, 1.82) is 0 Å². The second-order valence-electron chi connectivity index (χ2n) is 6.83. The van der Waals surface area contributed by atoms with Crippen molar-refractivity contribution in [1.82, 2.24) is 15.1 Å². The zero-order valence-corrected chi connectivity index (χ0v) is 15.7. The standard InChI is InChI=1S/C20H16ClN3O4/c1-20(12-6-8-13(21)9-7-12)18(27)24(19(28)22-20)11-10-23-16(25)14-4-2-3-5-15(14)17(23)26/h2-9H,10-11H2,1H3,(H,22,28). The quantitative estimate of drug-likeness (QED) is 0.634. The van der Waals surface area contributed by atoms with Gasteiger partial charge >= 0.3 is 6.03 Å². The number of nitrogens with one attached hydrogen (secondary N) is 1. The molecule has 4 rings (SSSR count). The van der Waals surface area contributed by atoms with Crippen LogP contribution in [0.1, 0.15) is 33.2 Å². The highest BCUT2D eigenvalue weighted by atomic mass is 35.5. The summed E-state index contributed by atoms with van der Waals surface area (Å²) in [5.74, 6) is -1.29. The largest absolute Gasteiger partial charge is 0.325 e. The molecule has 0 radical (unpaired) electrons. The summed E-state index contributed by atoms with van der Waals surface area (Å²) < 4.78 is 0. The van der Waals surface area contributed by atoms with E-state index in [1.807, 2.05) is 0 Å². The number of carbonyl (C=O) groups excluding carboxylic acids is 4. The first-order valence-corrected chi connectivity index (χ1v) is 9.06. The van der Waals surface area contributed by atoms with Gasteiger partial charge in [-0.15, -0.1) is 0 Å². The summed E-state index contributed by atoms with van der Waals surface area (Å²) in [6.45, 7) is 1.46. The Morgan fingerprint density at radius 2 is 1.39 bits per heavy atom. The molecule has 5 amide bonds. The molecule has 0 aromatic heterocycles. The Balaban J connectivity index is 1.51. The van der Waals surface area contributed by atoms with Crippen LogP contribution in [-0.2, 0) is 10.3 Å². The predicted molar refractivity (Wildman–Crippen MR) is 101 cm³/mol. The molecule has 8 heteroatoms. The van der Waals surface area contributed by atoms with E-state index in [1.165, 1.54) is 0 Å². The molecule has 0 saturated carbocycles. The van der Waals surface area contributed by atoms with E-state index in [9.17, 15) is 19.2 Å². The zero-order valence-electron chi connectivity index (χ0n) is 14.9. The Bertz CT molecular complexity index is 985. The number of carbonyl (C=O) groups is 4. The van der Waals surface area contributed by atoms with Crippen molar-refractivity contribution in [2.75, 3.05) is 13.1 Å². The first kappa shape index (κ1) is 18.2. The van der Waals surface area contributed by atoms with Crippen molar-refractivity contribution in [3.63, 3.8) is 0 Å². The van der Waals surface area contributed by atoms with E-state index < -0.39 is 29.3 Å². The molecular formula is C20H16ClN3O4. The van der Waals surface area contributed by atoms with Gasteiger partial charge < -0.3 is 5.32 Å². The lowest BCUT2D eigenvalue weighted by molar-refractivity contribution is -0.131. The van der Waals surface area contributed by atoms with Gasteiger partial charge in [0.15, 0.2) is 0 Å². The second-order valence-corrected chi connectivity index (χ2v) is 7.26. The summed E-state index contributed by atoms with van der Waals surface area (Å²) in [6, 6.07) is 12.6. The van der Waals surface area contributed by atoms with Crippen LogP contribution in [-0.4, -0.2) is 46.6 Å². The average Bonchev–Trinajstić information content (AvgIpc) is 3.06. The van der Waals surface area contributed by atoms with Crippen LogP contribution < -0.4 is 5.32 Å². The van der Waals surface area contributed by atoms with Crippen LogP contribution in [0.4, 0.5) is 4.79 Å². The number of hydrogen-bond acceptors (Lipinski definition) is 4. The van der Waals surface area contributed by atoms with Crippen molar-refractivity contribution in [3.05, 3.63) is 70.2 Å². The summed E-state index contributed by atoms with van der Waals surface area (Å²) in [4.78, 5) is 52.3. The maximum absolute atomic E-state index is 12.9. The van der Waals surface area contributed by atoms with Crippen LogP contribution in [0.25, 0.3) is 0 Å². The van der Waals surface area contributed by atoms with E-state index in [-0.39, 0.29) is 13.1 Å².